The Balaban J connectivity index is 2.52. The smallest absolute Gasteiger partial charge is 0.0387 e. The lowest BCUT2D eigenvalue weighted by molar-refractivity contribution is 0.600. The molecule has 2 aromatic heterocycles. The highest BCUT2D eigenvalue weighted by molar-refractivity contribution is 7.21. The number of thiophene rings is 2. The largest absolute Gasteiger partial charge is 0.139 e. The molecule has 1 aromatic carbocycles. The van der Waals surface area contributed by atoms with Gasteiger partial charge in [-0.05, 0) is 60.8 Å². The maximum Gasteiger partial charge on any atom is 0.0387 e. The van der Waals surface area contributed by atoms with E-state index in [2.05, 4.69) is 69.2 Å². The first-order valence-electron chi connectivity index (χ1n) is 8.82. The maximum atomic E-state index is 2.33. The summed E-state index contributed by atoms with van der Waals surface area (Å²) in [6, 6.07) is 0. The molecule has 0 saturated heterocycles. The lowest BCUT2D eigenvalue weighted by Gasteiger charge is -2.17. The molecule has 0 bridgehead atoms. The van der Waals surface area contributed by atoms with Gasteiger partial charge >= 0.3 is 0 Å². The summed E-state index contributed by atoms with van der Waals surface area (Å²) in [6.45, 7) is 23.3. The Bertz CT molecular complexity index is 870. The Kier molecular flexibility index (Phi) is 3.98. The van der Waals surface area contributed by atoms with Gasteiger partial charge in [-0.3, -0.25) is 0 Å². The van der Waals surface area contributed by atoms with E-state index in [1.165, 1.54) is 52.2 Å². The van der Waals surface area contributed by atoms with E-state index in [0.29, 0.717) is 0 Å². The summed E-state index contributed by atoms with van der Waals surface area (Å²) >= 11 is 4.03. The third-order valence-corrected chi connectivity index (χ3v) is 8.76. The zero-order chi connectivity index (χ0) is 18.2. The average molecular weight is 359 g/mol. The summed E-state index contributed by atoms with van der Waals surface area (Å²) in [5.41, 5.74) is 6.39. The molecule has 0 aliphatic heterocycles. The number of aryl methyl sites for hydroxylation is 4. The lowest BCUT2D eigenvalue weighted by atomic mass is 9.88. The molecule has 2 heteroatoms. The van der Waals surface area contributed by atoms with Crippen LogP contribution in [0.1, 0.15) is 73.6 Å². The highest BCUT2D eigenvalue weighted by atomic mass is 32.1. The van der Waals surface area contributed by atoms with Crippen molar-refractivity contribution in [2.24, 2.45) is 0 Å². The maximum absolute atomic E-state index is 2.33. The first-order valence-corrected chi connectivity index (χ1v) is 10.4. The van der Waals surface area contributed by atoms with Crippen LogP contribution >= 0.6 is 22.7 Å². The number of fused-ring (bicyclic) bond motifs is 2. The molecule has 0 saturated carbocycles. The highest BCUT2D eigenvalue weighted by Crippen LogP contribution is 2.48. The molecule has 0 aliphatic carbocycles. The van der Waals surface area contributed by atoms with E-state index in [0.717, 1.165) is 0 Å². The first-order chi connectivity index (χ1) is 10.9. The second kappa shape index (κ2) is 5.32. The molecule has 0 fully saturated rings. The first kappa shape index (κ1) is 17.9. The summed E-state index contributed by atoms with van der Waals surface area (Å²) in [7, 11) is 0. The van der Waals surface area contributed by atoms with Crippen molar-refractivity contribution in [2.75, 3.05) is 0 Å². The minimum Gasteiger partial charge on any atom is -0.139 e. The van der Waals surface area contributed by atoms with Crippen molar-refractivity contribution in [1.29, 1.82) is 0 Å². The Morgan fingerprint density at radius 2 is 0.792 bits per heavy atom. The van der Waals surface area contributed by atoms with Crippen LogP contribution in [0.2, 0.25) is 0 Å². The number of hydrogen-bond donors (Lipinski definition) is 0. The van der Waals surface area contributed by atoms with E-state index >= 15 is 0 Å². The van der Waals surface area contributed by atoms with Crippen molar-refractivity contribution < 1.29 is 0 Å². The molecular formula is C22H30S2. The van der Waals surface area contributed by atoms with E-state index in [1.807, 2.05) is 22.7 Å². The van der Waals surface area contributed by atoms with Gasteiger partial charge < -0.3 is 0 Å². The Hall–Kier alpha value is -0.860. The van der Waals surface area contributed by atoms with Gasteiger partial charge in [-0.25, -0.2) is 0 Å². The molecule has 0 unspecified atom stereocenters. The SMILES string of the molecule is Cc1c(C(C)(C)C)sc2c(C)c3c(C)c(C(C)(C)C)sc3c(C)c12. The van der Waals surface area contributed by atoms with Crippen molar-refractivity contribution in [2.45, 2.75) is 80.1 Å². The van der Waals surface area contributed by atoms with Gasteiger partial charge in [-0.2, -0.15) is 0 Å². The van der Waals surface area contributed by atoms with Gasteiger partial charge in [0, 0.05) is 29.9 Å². The summed E-state index contributed by atoms with van der Waals surface area (Å²) in [6.07, 6.45) is 0. The van der Waals surface area contributed by atoms with Gasteiger partial charge in [0.15, 0.2) is 0 Å². The molecule has 0 amide bonds. The van der Waals surface area contributed by atoms with Crippen LogP contribution in [0.25, 0.3) is 20.2 Å². The van der Waals surface area contributed by atoms with Crippen LogP contribution in [0.15, 0.2) is 0 Å². The molecule has 0 radical (unpaired) electrons. The molecule has 3 aromatic rings. The van der Waals surface area contributed by atoms with Crippen molar-refractivity contribution in [1.82, 2.24) is 0 Å². The quantitative estimate of drug-likeness (QED) is 0.382. The fraction of sp³-hybridized carbons (Fsp3) is 0.545. The molecule has 0 spiro atoms. The summed E-state index contributed by atoms with van der Waals surface area (Å²) in [5, 5.41) is 3.02. The van der Waals surface area contributed by atoms with Crippen LogP contribution in [0, 0.1) is 27.7 Å². The van der Waals surface area contributed by atoms with Gasteiger partial charge in [0.1, 0.15) is 0 Å². The summed E-state index contributed by atoms with van der Waals surface area (Å²) in [4.78, 5) is 3.07. The fourth-order valence-electron chi connectivity index (χ4n) is 4.12. The van der Waals surface area contributed by atoms with Gasteiger partial charge in [-0.1, -0.05) is 41.5 Å². The van der Waals surface area contributed by atoms with E-state index < -0.39 is 0 Å². The molecule has 24 heavy (non-hydrogen) atoms. The van der Waals surface area contributed by atoms with E-state index in [9.17, 15) is 0 Å². The molecule has 0 N–H and O–H groups in total. The molecule has 2 heterocycles. The summed E-state index contributed by atoms with van der Waals surface area (Å²) < 4.78 is 3.01. The predicted molar refractivity (Wildman–Crippen MR) is 114 cm³/mol. The molecule has 130 valence electrons. The predicted octanol–water partition coefficient (Wildman–Crippen LogP) is 7.94. The van der Waals surface area contributed by atoms with Crippen LogP contribution < -0.4 is 0 Å². The van der Waals surface area contributed by atoms with Gasteiger partial charge in [0.25, 0.3) is 0 Å². The normalized spacial score (nSPS) is 13.4. The zero-order valence-electron chi connectivity index (χ0n) is 16.8. The van der Waals surface area contributed by atoms with Crippen molar-refractivity contribution in [3.05, 3.63) is 32.0 Å². The zero-order valence-corrected chi connectivity index (χ0v) is 18.4. The van der Waals surface area contributed by atoms with Crippen molar-refractivity contribution in [3.63, 3.8) is 0 Å². The van der Waals surface area contributed by atoms with Crippen LogP contribution in [0.4, 0.5) is 0 Å². The Morgan fingerprint density at radius 3 is 1.04 bits per heavy atom. The molecule has 0 nitrogen and oxygen atoms in total. The van der Waals surface area contributed by atoms with Crippen molar-refractivity contribution in [3.8, 4) is 0 Å². The average Bonchev–Trinajstić information content (AvgIpc) is 2.94. The highest BCUT2D eigenvalue weighted by Gasteiger charge is 2.27. The standard InChI is InChI=1S/C22H30S2/c1-11-15-13(3)19(21(5,6)7)24-18(15)12(2)16-14(4)20(22(8,9)10)23-17(11)16/h1-10H3. The van der Waals surface area contributed by atoms with E-state index in [-0.39, 0.29) is 10.8 Å². The summed E-state index contributed by atoms with van der Waals surface area (Å²) in [5.74, 6) is 0. The Labute approximate surface area is 154 Å². The van der Waals surface area contributed by atoms with Gasteiger partial charge in [0.05, 0.1) is 0 Å². The third-order valence-electron chi connectivity index (χ3n) is 5.09. The van der Waals surface area contributed by atoms with E-state index in [4.69, 9.17) is 0 Å². The van der Waals surface area contributed by atoms with Gasteiger partial charge in [-0.15, -0.1) is 22.7 Å². The van der Waals surface area contributed by atoms with Crippen LogP contribution in [-0.2, 0) is 10.8 Å². The Morgan fingerprint density at radius 1 is 0.500 bits per heavy atom. The molecular weight excluding hydrogens is 328 g/mol. The van der Waals surface area contributed by atoms with Crippen molar-refractivity contribution >= 4 is 42.8 Å². The van der Waals surface area contributed by atoms with Gasteiger partial charge in [0.2, 0.25) is 0 Å². The lowest BCUT2D eigenvalue weighted by Crippen LogP contribution is -2.09. The van der Waals surface area contributed by atoms with Crippen LogP contribution in [-0.4, -0.2) is 0 Å². The molecule has 3 rings (SSSR count). The van der Waals surface area contributed by atoms with Crippen LogP contribution in [0.5, 0.6) is 0 Å². The molecule has 0 atom stereocenters. The second-order valence-electron chi connectivity index (χ2n) is 9.27. The molecule has 0 aliphatic rings. The third kappa shape index (κ3) is 2.45. The fourth-order valence-corrected chi connectivity index (χ4v) is 6.97. The number of benzene rings is 1. The number of hydrogen-bond acceptors (Lipinski definition) is 2. The van der Waals surface area contributed by atoms with Crippen LogP contribution in [0.3, 0.4) is 0 Å². The number of rotatable bonds is 0. The second-order valence-corrected chi connectivity index (χ2v) is 11.3. The minimum absolute atomic E-state index is 0.214. The van der Waals surface area contributed by atoms with E-state index in [1.54, 1.807) is 0 Å². The minimum atomic E-state index is 0.214. The monoisotopic (exact) mass is 358 g/mol. The topological polar surface area (TPSA) is 0 Å².